The van der Waals surface area contributed by atoms with Gasteiger partial charge in [-0.3, -0.25) is 0 Å². The first-order chi connectivity index (χ1) is 6.19. The summed E-state index contributed by atoms with van der Waals surface area (Å²) >= 11 is 0. The van der Waals surface area contributed by atoms with Gasteiger partial charge in [0.25, 0.3) is 0 Å². The average Bonchev–Trinajstić information content (AvgIpc) is 2.42. The van der Waals surface area contributed by atoms with Gasteiger partial charge in [0.2, 0.25) is 0 Å². The molecule has 0 bridgehead atoms. The zero-order valence-corrected chi connectivity index (χ0v) is 8.93. The quantitative estimate of drug-likeness (QED) is 0.656. The lowest BCUT2D eigenvalue weighted by Gasteiger charge is -2.28. The number of hydrogen-bond acceptors (Lipinski definition) is 3. The summed E-state index contributed by atoms with van der Waals surface area (Å²) in [5, 5.41) is 3.49. The number of hydrogen-bond donors (Lipinski definition) is 1. The molecule has 0 aromatic carbocycles. The van der Waals surface area contributed by atoms with E-state index in [2.05, 4.69) is 19.2 Å². The molecule has 1 fully saturated rings. The molecule has 3 nitrogen and oxygen atoms in total. The molecule has 0 radical (unpaired) electrons. The zero-order chi connectivity index (χ0) is 9.73. The zero-order valence-electron chi connectivity index (χ0n) is 8.93. The van der Waals surface area contributed by atoms with E-state index in [-0.39, 0.29) is 5.54 Å². The molecule has 1 aliphatic rings. The van der Waals surface area contributed by atoms with Gasteiger partial charge in [-0.05, 0) is 27.2 Å². The van der Waals surface area contributed by atoms with E-state index in [1.54, 1.807) is 0 Å². The second-order valence-corrected chi connectivity index (χ2v) is 3.80. The van der Waals surface area contributed by atoms with Gasteiger partial charge in [0.15, 0.2) is 0 Å². The van der Waals surface area contributed by atoms with Gasteiger partial charge in [-0.15, -0.1) is 0 Å². The highest BCUT2D eigenvalue weighted by Crippen LogP contribution is 2.24. The molecule has 2 atom stereocenters. The van der Waals surface area contributed by atoms with Crippen molar-refractivity contribution in [3.8, 4) is 0 Å². The lowest BCUT2D eigenvalue weighted by Crippen LogP contribution is -2.48. The first-order valence-electron chi connectivity index (χ1n) is 5.13. The molecular weight excluding hydrogens is 166 g/mol. The highest BCUT2D eigenvalue weighted by molar-refractivity contribution is 4.93. The summed E-state index contributed by atoms with van der Waals surface area (Å²) in [4.78, 5) is 0. The van der Waals surface area contributed by atoms with E-state index >= 15 is 0 Å². The fourth-order valence-electron chi connectivity index (χ4n) is 1.62. The van der Waals surface area contributed by atoms with Crippen LogP contribution in [0.15, 0.2) is 0 Å². The third-order valence-corrected chi connectivity index (χ3v) is 2.87. The van der Waals surface area contributed by atoms with E-state index < -0.39 is 0 Å². The van der Waals surface area contributed by atoms with Gasteiger partial charge in [-0.25, -0.2) is 0 Å². The van der Waals surface area contributed by atoms with E-state index in [1.807, 2.05) is 6.92 Å². The third kappa shape index (κ3) is 2.93. The molecule has 1 heterocycles. The smallest absolute Gasteiger partial charge is 0.0726 e. The summed E-state index contributed by atoms with van der Waals surface area (Å²) in [7, 11) is 0. The summed E-state index contributed by atoms with van der Waals surface area (Å²) in [6.07, 6.45) is 1.41. The van der Waals surface area contributed by atoms with Gasteiger partial charge in [0, 0.05) is 25.3 Å². The molecule has 0 aliphatic carbocycles. The van der Waals surface area contributed by atoms with E-state index in [0.29, 0.717) is 6.10 Å². The largest absolute Gasteiger partial charge is 0.380 e. The van der Waals surface area contributed by atoms with Crippen molar-refractivity contribution in [2.75, 3.05) is 26.4 Å². The van der Waals surface area contributed by atoms with Crippen LogP contribution in [0.4, 0.5) is 0 Å². The van der Waals surface area contributed by atoms with Gasteiger partial charge in [-0.2, -0.15) is 0 Å². The summed E-state index contributed by atoms with van der Waals surface area (Å²) in [6, 6.07) is 0. The van der Waals surface area contributed by atoms with Crippen LogP contribution in [0.2, 0.25) is 0 Å². The molecule has 0 amide bonds. The molecule has 1 aliphatic heterocycles. The Hall–Kier alpha value is -0.120. The van der Waals surface area contributed by atoms with E-state index in [9.17, 15) is 0 Å². The molecule has 1 N–H and O–H groups in total. The number of ether oxygens (including phenoxy) is 2. The van der Waals surface area contributed by atoms with Crippen LogP contribution in [-0.4, -0.2) is 38.0 Å². The minimum absolute atomic E-state index is 0.150. The van der Waals surface area contributed by atoms with Crippen LogP contribution in [0.1, 0.15) is 27.2 Å². The molecule has 2 unspecified atom stereocenters. The van der Waals surface area contributed by atoms with Crippen molar-refractivity contribution in [1.82, 2.24) is 5.32 Å². The van der Waals surface area contributed by atoms with Crippen LogP contribution >= 0.6 is 0 Å². The first-order valence-corrected chi connectivity index (χ1v) is 5.13. The Balaban J connectivity index is 2.18. The predicted molar refractivity (Wildman–Crippen MR) is 52.9 cm³/mol. The molecule has 13 heavy (non-hydrogen) atoms. The summed E-state index contributed by atoms with van der Waals surface area (Å²) in [6.45, 7) is 9.74. The Morgan fingerprint density at radius 1 is 1.62 bits per heavy atom. The monoisotopic (exact) mass is 187 g/mol. The van der Waals surface area contributed by atoms with Gasteiger partial charge >= 0.3 is 0 Å². The van der Waals surface area contributed by atoms with Crippen LogP contribution < -0.4 is 5.32 Å². The van der Waals surface area contributed by atoms with Crippen molar-refractivity contribution in [3.05, 3.63) is 0 Å². The topological polar surface area (TPSA) is 30.5 Å². The molecule has 78 valence electrons. The van der Waals surface area contributed by atoms with Gasteiger partial charge in [-0.1, -0.05) is 0 Å². The molecule has 0 aromatic heterocycles. The minimum Gasteiger partial charge on any atom is -0.380 e. The molecule has 3 heteroatoms. The van der Waals surface area contributed by atoms with Crippen LogP contribution in [0.5, 0.6) is 0 Å². The van der Waals surface area contributed by atoms with Crippen molar-refractivity contribution < 1.29 is 9.47 Å². The summed E-state index contributed by atoms with van der Waals surface area (Å²) in [5.41, 5.74) is 0.150. The maximum absolute atomic E-state index is 5.52. The third-order valence-electron chi connectivity index (χ3n) is 2.87. The fraction of sp³-hybridized carbons (Fsp3) is 1.00. The molecular formula is C10H21NO2. The van der Waals surface area contributed by atoms with Crippen molar-refractivity contribution in [1.29, 1.82) is 0 Å². The van der Waals surface area contributed by atoms with Gasteiger partial charge in [0.1, 0.15) is 0 Å². The van der Waals surface area contributed by atoms with Gasteiger partial charge < -0.3 is 14.8 Å². The normalized spacial score (nSPS) is 33.9. The van der Waals surface area contributed by atoms with E-state index in [4.69, 9.17) is 9.47 Å². The molecule has 0 aromatic rings. The molecule has 0 saturated carbocycles. The van der Waals surface area contributed by atoms with E-state index in [1.165, 1.54) is 0 Å². The van der Waals surface area contributed by atoms with Crippen molar-refractivity contribution in [2.45, 2.75) is 38.8 Å². The highest BCUT2D eigenvalue weighted by Gasteiger charge is 2.35. The maximum Gasteiger partial charge on any atom is 0.0726 e. The SMILES string of the molecule is CCOCCNC1(C)CCOC1C. The Labute approximate surface area is 80.8 Å². The number of nitrogens with one attached hydrogen (secondary N) is 1. The van der Waals surface area contributed by atoms with Crippen LogP contribution in [0, 0.1) is 0 Å². The number of rotatable bonds is 5. The second kappa shape index (κ2) is 4.94. The van der Waals surface area contributed by atoms with Crippen LogP contribution in [0.25, 0.3) is 0 Å². The lowest BCUT2D eigenvalue weighted by molar-refractivity contribution is 0.0818. The molecule has 1 saturated heterocycles. The first kappa shape index (κ1) is 11.0. The second-order valence-electron chi connectivity index (χ2n) is 3.80. The summed E-state index contributed by atoms with van der Waals surface area (Å²) in [5.74, 6) is 0. The Kier molecular flexibility index (Phi) is 4.16. The van der Waals surface area contributed by atoms with Crippen LogP contribution in [-0.2, 0) is 9.47 Å². The van der Waals surface area contributed by atoms with Crippen molar-refractivity contribution >= 4 is 0 Å². The molecule has 1 rings (SSSR count). The van der Waals surface area contributed by atoms with Crippen molar-refractivity contribution in [2.24, 2.45) is 0 Å². The maximum atomic E-state index is 5.52. The van der Waals surface area contributed by atoms with Crippen LogP contribution in [0.3, 0.4) is 0 Å². The lowest BCUT2D eigenvalue weighted by atomic mass is 9.95. The van der Waals surface area contributed by atoms with Gasteiger partial charge in [0.05, 0.1) is 12.7 Å². The van der Waals surface area contributed by atoms with Crippen molar-refractivity contribution in [3.63, 3.8) is 0 Å². The minimum atomic E-state index is 0.150. The molecule has 0 spiro atoms. The highest BCUT2D eigenvalue weighted by atomic mass is 16.5. The predicted octanol–water partition coefficient (Wildman–Crippen LogP) is 1.18. The standard InChI is InChI=1S/C10H21NO2/c1-4-12-8-6-11-10(3)5-7-13-9(10)2/h9,11H,4-8H2,1-3H3. The summed E-state index contributed by atoms with van der Waals surface area (Å²) < 4.78 is 10.8. The average molecular weight is 187 g/mol. The van der Waals surface area contributed by atoms with E-state index in [0.717, 1.165) is 32.8 Å². The Morgan fingerprint density at radius 2 is 2.38 bits per heavy atom. The Bertz CT molecular complexity index is 152. The Morgan fingerprint density at radius 3 is 2.92 bits per heavy atom. The fourth-order valence-corrected chi connectivity index (χ4v) is 1.62.